The van der Waals surface area contributed by atoms with Gasteiger partial charge in [0.1, 0.15) is 5.60 Å². The third kappa shape index (κ3) is 11.9. The van der Waals surface area contributed by atoms with E-state index < -0.39 is 17.2 Å². The summed E-state index contributed by atoms with van der Waals surface area (Å²) in [6.07, 6.45) is -0.413. The molecule has 1 saturated heterocycles. The number of rotatable bonds is 7. The Morgan fingerprint density at radius 1 is 1.04 bits per heavy atom. The van der Waals surface area contributed by atoms with Crippen molar-refractivity contribution < 1.29 is 9.53 Å². The summed E-state index contributed by atoms with van der Waals surface area (Å²) in [7, 11) is 1.75. The number of nitrogens with one attached hydrogen (secondary N) is 3. The molecule has 0 aromatic rings. The second kappa shape index (κ2) is 12.7. The molecule has 8 nitrogen and oxygen atoms in total. The van der Waals surface area contributed by atoms with Gasteiger partial charge in [0.15, 0.2) is 5.96 Å². The van der Waals surface area contributed by atoms with Gasteiger partial charge in [0.2, 0.25) is 0 Å². The van der Waals surface area contributed by atoms with Gasteiger partial charge < -0.3 is 25.6 Å². The third-order valence-electron chi connectivity index (χ3n) is 4.39. The van der Waals surface area contributed by atoms with Crippen LogP contribution in [-0.4, -0.2) is 92.4 Å². The number of piperazine rings is 1. The zero-order chi connectivity index (χ0) is 20.5. The average Bonchev–Trinajstić information content (AvgIpc) is 2.56. The molecule has 0 unspecified atom stereocenters. The number of ether oxygens (including phenoxy) is 1. The zero-order valence-corrected chi connectivity index (χ0v) is 21.1. The predicted molar refractivity (Wildman–Crippen MR) is 127 cm³/mol. The Morgan fingerprint density at radius 2 is 1.61 bits per heavy atom. The number of hydrogen-bond acceptors (Lipinski definition) is 5. The lowest BCUT2D eigenvalue weighted by molar-refractivity contribution is 0.0474. The molecule has 1 fully saturated rings. The van der Waals surface area contributed by atoms with Crippen molar-refractivity contribution in [1.29, 1.82) is 0 Å². The van der Waals surface area contributed by atoms with Gasteiger partial charge in [0.05, 0.1) is 5.54 Å². The quantitative estimate of drug-likeness (QED) is 0.274. The maximum atomic E-state index is 12.0. The van der Waals surface area contributed by atoms with E-state index in [9.17, 15) is 4.79 Å². The molecule has 1 heterocycles. The fraction of sp³-hybridized carbons (Fsp3) is 0.895. The van der Waals surface area contributed by atoms with Crippen molar-refractivity contribution >= 4 is 36.0 Å². The summed E-state index contributed by atoms with van der Waals surface area (Å²) < 4.78 is 5.32. The summed E-state index contributed by atoms with van der Waals surface area (Å²) in [6.45, 7) is 19.7. The van der Waals surface area contributed by atoms with E-state index in [4.69, 9.17) is 4.74 Å². The number of nitrogens with zero attached hydrogens (tertiary/aromatic N) is 3. The lowest BCUT2D eigenvalue weighted by atomic mass is 10.1. The highest BCUT2D eigenvalue weighted by Crippen LogP contribution is 2.09. The van der Waals surface area contributed by atoms with Crippen LogP contribution in [0.2, 0.25) is 0 Å². The lowest BCUT2D eigenvalue weighted by Gasteiger charge is -2.34. The summed E-state index contributed by atoms with van der Waals surface area (Å²) in [4.78, 5) is 21.2. The van der Waals surface area contributed by atoms with Crippen LogP contribution in [0.15, 0.2) is 4.99 Å². The van der Waals surface area contributed by atoms with Crippen molar-refractivity contribution in [2.45, 2.75) is 52.7 Å². The van der Waals surface area contributed by atoms with Gasteiger partial charge in [-0.25, -0.2) is 4.79 Å². The molecule has 0 aromatic heterocycles. The standard InChI is InChI=1S/C19H40N6O2.HI/c1-8-24-11-13-25(14-12-24)10-9-21-16(20-7)22-15-19(5,6)23-17(26)27-18(2,3)4;/h8-15H2,1-7H3,(H,23,26)(H2,20,21,22);1H. The molecule has 1 amide bonds. The highest BCUT2D eigenvalue weighted by molar-refractivity contribution is 14.0. The smallest absolute Gasteiger partial charge is 0.408 e. The minimum Gasteiger partial charge on any atom is -0.444 e. The topological polar surface area (TPSA) is 81.2 Å². The third-order valence-corrected chi connectivity index (χ3v) is 4.39. The SMILES string of the molecule is CCN1CCN(CCNC(=NC)NCC(C)(C)NC(=O)OC(C)(C)C)CC1.I. The zero-order valence-electron chi connectivity index (χ0n) is 18.7. The Labute approximate surface area is 188 Å². The van der Waals surface area contributed by atoms with Crippen LogP contribution in [0.25, 0.3) is 0 Å². The summed E-state index contributed by atoms with van der Waals surface area (Å²) in [5.74, 6) is 0.737. The number of hydrogen-bond donors (Lipinski definition) is 3. The van der Waals surface area contributed by atoms with E-state index in [-0.39, 0.29) is 24.0 Å². The maximum Gasteiger partial charge on any atom is 0.408 e. The Morgan fingerprint density at radius 3 is 2.11 bits per heavy atom. The molecule has 0 saturated carbocycles. The predicted octanol–water partition coefficient (Wildman–Crippen LogP) is 1.71. The molecule has 0 spiro atoms. The fourth-order valence-corrected chi connectivity index (χ4v) is 2.81. The first kappa shape index (κ1) is 27.2. The number of guanidine groups is 1. The monoisotopic (exact) mass is 512 g/mol. The normalized spacial score (nSPS) is 16.9. The molecule has 9 heteroatoms. The van der Waals surface area contributed by atoms with Gasteiger partial charge in [-0.2, -0.15) is 0 Å². The van der Waals surface area contributed by atoms with Crippen LogP contribution in [0.4, 0.5) is 4.79 Å². The van der Waals surface area contributed by atoms with Crippen LogP contribution in [0, 0.1) is 0 Å². The Balaban J connectivity index is 0.00000729. The van der Waals surface area contributed by atoms with E-state index in [1.54, 1.807) is 7.05 Å². The van der Waals surface area contributed by atoms with Crippen LogP contribution >= 0.6 is 24.0 Å². The van der Waals surface area contributed by atoms with E-state index in [1.807, 2.05) is 34.6 Å². The van der Waals surface area contributed by atoms with Gasteiger partial charge in [-0.15, -0.1) is 24.0 Å². The van der Waals surface area contributed by atoms with Gasteiger partial charge >= 0.3 is 6.09 Å². The fourth-order valence-electron chi connectivity index (χ4n) is 2.81. The van der Waals surface area contributed by atoms with Crippen LogP contribution in [0.5, 0.6) is 0 Å². The number of carbonyl (C=O) groups is 1. The van der Waals surface area contributed by atoms with Gasteiger partial charge in [0, 0.05) is 52.9 Å². The molecule has 0 aliphatic carbocycles. The first-order valence-electron chi connectivity index (χ1n) is 9.95. The highest BCUT2D eigenvalue weighted by atomic mass is 127. The summed E-state index contributed by atoms with van der Waals surface area (Å²) >= 11 is 0. The largest absolute Gasteiger partial charge is 0.444 e. The van der Waals surface area contributed by atoms with E-state index in [1.165, 1.54) is 0 Å². The molecule has 3 N–H and O–H groups in total. The summed E-state index contributed by atoms with van der Waals surface area (Å²) in [5, 5.41) is 9.51. The van der Waals surface area contributed by atoms with Crippen molar-refractivity contribution in [2.75, 3.05) is 59.4 Å². The molecule has 0 atom stereocenters. The first-order chi connectivity index (χ1) is 12.5. The molecule has 0 aromatic carbocycles. The number of halogens is 1. The van der Waals surface area contributed by atoms with Crippen LogP contribution in [0.3, 0.4) is 0 Å². The van der Waals surface area contributed by atoms with Gasteiger partial charge in [-0.1, -0.05) is 6.92 Å². The minimum absolute atomic E-state index is 0. The summed E-state index contributed by atoms with van der Waals surface area (Å²) in [5.41, 5.74) is -0.968. The minimum atomic E-state index is -0.506. The van der Waals surface area contributed by atoms with Gasteiger partial charge in [-0.3, -0.25) is 9.89 Å². The average molecular weight is 512 g/mol. The molecule has 1 aliphatic rings. The van der Waals surface area contributed by atoms with Crippen molar-refractivity contribution in [3.63, 3.8) is 0 Å². The number of amides is 1. The number of likely N-dealkylation sites (N-methyl/N-ethyl adjacent to an activating group) is 1. The molecule has 28 heavy (non-hydrogen) atoms. The Hall–Kier alpha value is -0.810. The van der Waals surface area contributed by atoms with E-state index in [0.717, 1.165) is 51.8 Å². The molecule has 166 valence electrons. The Kier molecular flexibility index (Phi) is 12.3. The highest BCUT2D eigenvalue weighted by Gasteiger charge is 2.24. The molecule has 1 aliphatic heterocycles. The molecular weight excluding hydrogens is 471 g/mol. The van der Waals surface area contributed by atoms with Crippen molar-refractivity contribution in [3.05, 3.63) is 0 Å². The van der Waals surface area contributed by atoms with Gasteiger partial charge in [-0.05, 0) is 41.2 Å². The van der Waals surface area contributed by atoms with Crippen LogP contribution < -0.4 is 16.0 Å². The Bertz CT molecular complexity index is 485. The number of alkyl carbamates (subject to hydrolysis) is 1. The van der Waals surface area contributed by atoms with Crippen LogP contribution in [0.1, 0.15) is 41.5 Å². The first-order valence-corrected chi connectivity index (χ1v) is 9.95. The van der Waals surface area contributed by atoms with Crippen LogP contribution in [-0.2, 0) is 4.74 Å². The van der Waals surface area contributed by atoms with E-state index in [0.29, 0.717) is 6.54 Å². The molecule has 0 bridgehead atoms. The maximum absolute atomic E-state index is 12.0. The van der Waals surface area contributed by atoms with Crippen molar-refractivity contribution in [3.8, 4) is 0 Å². The second-order valence-electron chi connectivity index (χ2n) is 8.64. The van der Waals surface area contributed by atoms with Gasteiger partial charge in [0.25, 0.3) is 0 Å². The lowest BCUT2D eigenvalue weighted by Crippen LogP contribution is -2.54. The molecular formula is C19H41IN6O2. The van der Waals surface area contributed by atoms with Crippen molar-refractivity contribution in [2.24, 2.45) is 4.99 Å². The number of aliphatic imine (C=N–C) groups is 1. The van der Waals surface area contributed by atoms with E-state index >= 15 is 0 Å². The van der Waals surface area contributed by atoms with E-state index in [2.05, 4.69) is 37.7 Å². The summed E-state index contributed by atoms with van der Waals surface area (Å²) in [6, 6.07) is 0. The second-order valence-corrected chi connectivity index (χ2v) is 8.64. The van der Waals surface area contributed by atoms with Crippen molar-refractivity contribution in [1.82, 2.24) is 25.8 Å². The number of carbonyl (C=O) groups excluding carboxylic acids is 1. The molecule has 0 radical (unpaired) electrons. The molecule has 1 rings (SSSR count).